The molecule has 0 aromatic heterocycles. The standard InChI is InChI=1S/C11H15FO3/c1-7(13)4-8-5-9(12)6-10(14-2)11(8)15-3/h5-7,13H,4H2,1-3H3. The van der Waals surface area contributed by atoms with Gasteiger partial charge in [-0.2, -0.15) is 0 Å². The van der Waals surface area contributed by atoms with Crippen LogP contribution in [0.2, 0.25) is 0 Å². The van der Waals surface area contributed by atoms with Crippen molar-refractivity contribution in [2.24, 2.45) is 0 Å². The molecular formula is C11H15FO3. The van der Waals surface area contributed by atoms with Gasteiger partial charge in [0.1, 0.15) is 5.82 Å². The molecule has 1 unspecified atom stereocenters. The molecule has 0 aliphatic rings. The van der Waals surface area contributed by atoms with E-state index in [-0.39, 0.29) is 0 Å². The predicted molar refractivity (Wildman–Crippen MR) is 54.9 cm³/mol. The third-order valence-corrected chi connectivity index (χ3v) is 2.04. The van der Waals surface area contributed by atoms with Gasteiger partial charge in [-0.3, -0.25) is 0 Å². The van der Waals surface area contributed by atoms with Crippen LogP contribution in [0.3, 0.4) is 0 Å². The van der Waals surface area contributed by atoms with Crippen LogP contribution in [-0.2, 0) is 6.42 Å². The van der Waals surface area contributed by atoms with Gasteiger partial charge in [-0.15, -0.1) is 0 Å². The highest BCUT2D eigenvalue weighted by atomic mass is 19.1. The Balaban J connectivity index is 3.16. The fourth-order valence-corrected chi connectivity index (χ4v) is 1.48. The lowest BCUT2D eigenvalue weighted by atomic mass is 10.1. The molecule has 1 aromatic carbocycles. The quantitative estimate of drug-likeness (QED) is 0.830. The lowest BCUT2D eigenvalue weighted by molar-refractivity contribution is 0.193. The van der Waals surface area contributed by atoms with Crippen molar-refractivity contribution in [3.63, 3.8) is 0 Å². The summed E-state index contributed by atoms with van der Waals surface area (Å²) in [5.74, 6) is 0.413. The maximum atomic E-state index is 13.2. The monoisotopic (exact) mass is 214 g/mol. The van der Waals surface area contributed by atoms with Crippen molar-refractivity contribution in [3.8, 4) is 11.5 Å². The molecule has 3 nitrogen and oxygen atoms in total. The Morgan fingerprint density at radius 3 is 2.47 bits per heavy atom. The van der Waals surface area contributed by atoms with Gasteiger partial charge in [0, 0.05) is 18.1 Å². The average Bonchev–Trinajstić information content (AvgIpc) is 2.15. The van der Waals surface area contributed by atoms with Gasteiger partial charge in [0.25, 0.3) is 0 Å². The van der Waals surface area contributed by atoms with E-state index in [1.165, 1.54) is 26.4 Å². The molecule has 0 bridgehead atoms. The van der Waals surface area contributed by atoms with Crippen molar-refractivity contribution in [2.45, 2.75) is 19.4 Å². The molecule has 0 amide bonds. The molecule has 0 spiro atoms. The fourth-order valence-electron chi connectivity index (χ4n) is 1.48. The highest BCUT2D eigenvalue weighted by Crippen LogP contribution is 2.32. The first-order chi connectivity index (χ1) is 7.08. The summed E-state index contributed by atoms with van der Waals surface area (Å²) in [7, 11) is 2.94. The molecule has 0 aliphatic carbocycles. The largest absolute Gasteiger partial charge is 0.493 e. The highest BCUT2D eigenvalue weighted by Gasteiger charge is 2.13. The number of hydrogen-bond acceptors (Lipinski definition) is 3. The second-order valence-corrected chi connectivity index (χ2v) is 3.35. The van der Waals surface area contributed by atoms with Crippen LogP contribution in [0.4, 0.5) is 4.39 Å². The van der Waals surface area contributed by atoms with Gasteiger partial charge in [-0.1, -0.05) is 0 Å². The Kier molecular flexibility index (Phi) is 3.91. The summed E-state index contributed by atoms with van der Waals surface area (Å²) in [6.07, 6.45) is -0.220. The fraction of sp³-hybridized carbons (Fsp3) is 0.455. The Bertz CT molecular complexity index is 337. The molecule has 15 heavy (non-hydrogen) atoms. The molecule has 1 atom stereocenters. The SMILES string of the molecule is COc1cc(F)cc(CC(C)O)c1OC. The summed E-state index contributed by atoms with van der Waals surface area (Å²) >= 11 is 0. The summed E-state index contributed by atoms with van der Waals surface area (Å²) in [4.78, 5) is 0. The van der Waals surface area contributed by atoms with Crippen LogP contribution >= 0.6 is 0 Å². The number of aliphatic hydroxyl groups excluding tert-OH is 1. The molecule has 0 heterocycles. The van der Waals surface area contributed by atoms with Gasteiger partial charge < -0.3 is 14.6 Å². The van der Waals surface area contributed by atoms with Crippen LogP contribution < -0.4 is 9.47 Å². The second-order valence-electron chi connectivity index (χ2n) is 3.35. The first-order valence-corrected chi connectivity index (χ1v) is 4.67. The van der Waals surface area contributed by atoms with Gasteiger partial charge in [-0.25, -0.2) is 4.39 Å². The van der Waals surface area contributed by atoms with Gasteiger partial charge >= 0.3 is 0 Å². The van der Waals surface area contributed by atoms with Crippen LogP contribution in [0.15, 0.2) is 12.1 Å². The van der Waals surface area contributed by atoms with Gasteiger partial charge in [-0.05, 0) is 13.0 Å². The molecule has 1 aromatic rings. The zero-order valence-corrected chi connectivity index (χ0v) is 9.08. The Morgan fingerprint density at radius 1 is 1.33 bits per heavy atom. The molecule has 1 N–H and O–H groups in total. The van der Waals surface area contributed by atoms with E-state index in [0.29, 0.717) is 23.5 Å². The van der Waals surface area contributed by atoms with Gasteiger partial charge in [0.15, 0.2) is 11.5 Å². The Morgan fingerprint density at radius 2 is 2.00 bits per heavy atom. The maximum Gasteiger partial charge on any atom is 0.164 e. The minimum absolute atomic E-state index is 0.331. The zero-order valence-electron chi connectivity index (χ0n) is 9.08. The second kappa shape index (κ2) is 4.98. The van der Waals surface area contributed by atoms with Crippen LogP contribution in [0.25, 0.3) is 0 Å². The van der Waals surface area contributed by atoms with Crippen molar-refractivity contribution in [3.05, 3.63) is 23.5 Å². The molecule has 84 valence electrons. The van der Waals surface area contributed by atoms with E-state index in [0.717, 1.165) is 0 Å². The Hall–Kier alpha value is -1.29. The molecule has 0 fully saturated rings. The average molecular weight is 214 g/mol. The minimum Gasteiger partial charge on any atom is -0.493 e. The van der Waals surface area contributed by atoms with Crippen molar-refractivity contribution >= 4 is 0 Å². The number of benzene rings is 1. The zero-order chi connectivity index (χ0) is 11.4. The summed E-state index contributed by atoms with van der Waals surface area (Å²) in [5, 5.41) is 9.26. The van der Waals surface area contributed by atoms with Crippen molar-refractivity contribution in [1.29, 1.82) is 0 Å². The first kappa shape index (κ1) is 11.8. The van der Waals surface area contributed by atoms with Crippen molar-refractivity contribution in [2.75, 3.05) is 14.2 Å². The highest BCUT2D eigenvalue weighted by molar-refractivity contribution is 5.47. The number of hydrogen-bond donors (Lipinski definition) is 1. The minimum atomic E-state index is -0.551. The summed E-state index contributed by atoms with van der Waals surface area (Å²) < 4.78 is 23.3. The third-order valence-electron chi connectivity index (χ3n) is 2.04. The molecular weight excluding hydrogens is 199 g/mol. The van der Waals surface area contributed by atoms with E-state index in [4.69, 9.17) is 9.47 Å². The van der Waals surface area contributed by atoms with E-state index in [1.807, 2.05) is 0 Å². The van der Waals surface area contributed by atoms with Gasteiger partial charge in [0.2, 0.25) is 0 Å². The van der Waals surface area contributed by atoms with Crippen LogP contribution in [0, 0.1) is 5.82 Å². The molecule has 0 radical (unpaired) electrons. The maximum absolute atomic E-state index is 13.2. The van der Waals surface area contributed by atoms with Crippen molar-refractivity contribution < 1.29 is 19.0 Å². The van der Waals surface area contributed by atoms with Gasteiger partial charge in [0.05, 0.1) is 20.3 Å². The van der Waals surface area contributed by atoms with E-state index in [9.17, 15) is 9.50 Å². The van der Waals surface area contributed by atoms with E-state index >= 15 is 0 Å². The molecule has 1 rings (SSSR count). The normalized spacial score (nSPS) is 12.3. The predicted octanol–water partition coefficient (Wildman–Crippen LogP) is 1.77. The van der Waals surface area contributed by atoms with E-state index in [1.54, 1.807) is 6.92 Å². The molecule has 0 saturated carbocycles. The van der Waals surface area contributed by atoms with Crippen LogP contribution in [-0.4, -0.2) is 25.4 Å². The van der Waals surface area contributed by atoms with Crippen LogP contribution in [0.5, 0.6) is 11.5 Å². The van der Waals surface area contributed by atoms with E-state index in [2.05, 4.69) is 0 Å². The van der Waals surface area contributed by atoms with Crippen LogP contribution in [0.1, 0.15) is 12.5 Å². The number of ether oxygens (including phenoxy) is 2. The summed E-state index contributed by atoms with van der Waals surface area (Å²) in [6, 6.07) is 2.60. The summed E-state index contributed by atoms with van der Waals surface area (Å²) in [6.45, 7) is 1.64. The third kappa shape index (κ3) is 2.83. The lowest BCUT2D eigenvalue weighted by Gasteiger charge is -2.13. The number of rotatable bonds is 4. The number of aliphatic hydroxyl groups is 1. The molecule has 4 heteroatoms. The number of halogens is 1. The van der Waals surface area contributed by atoms with E-state index < -0.39 is 11.9 Å². The van der Waals surface area contributed by atoms with Crippen molar-refractivity contribution in [1.82, 2.24) is 0 Å². The lowest BCUT2D eigenvalue weighted by Crippen LogP contribution is -2.07. The topological polar surface area (TPSA) is 38.7 Å². The smallest absolute Gasteiger partial charge is 0.164 e. The Labute approximate surface area is 88.4 Å². The molecule has 0 saturated heterocycles. The molecule has 0 aliphatic heterocycles. The summed E-state index contributed by atoms with van der Waals surface area (Å²) in [5.41, 5.74) is 0.601. The number of methoxy groups -OCH3 is 2. The first-order valence-electron chi connectivity index (χ1n) is 4.67.